The molecule has 1 amide bonds. The number of hydrogen-bond donors (Lipinski definition) is 1. The topological polar surface area (TPSA) is 71.5 Å². The number of pyridine rings is 1. The van der Waals surface area contributed by atoms with Crippen LogP contribution in [0.2, 0.25) is 0 Å². The maximum Gasteiger partial charge on any atom is 0.340 e. The molecule has 29 heavy (non-hydrogen) atoms. The number of carbonyl (C=O) groups excluding carboxylic acids is 2. The summed E-state index contributed by atoms with van der Waals surface area (Å²) in [6, 6.07) is 15.0. The first kappa shape index (κ1) is 20.3. The van der Waals surface area contributed by atoms with Crippen LogP contribution in [0.15, 0.2) is 48.5 Å². The van der Waals surface area contributed by atoms with Crippen LogP contribution in [-0.4, -0.2) is 37.1 Å². The van der Waals surface area contributed by atoms with E-state index in [-0.39, 0.29) is 0 Å². The van der Waals surface area contributed by atoms with Crippen LogP contribution >= 0.6 is 0 Å². The number of esters is 1. The van der Waals surface area contributed by atoms with Crippen LogP contribution < -0.4 is 10.2 Å². The van der Waals surface area contributed by atoms with Crippen molar-refractivity contribution < 1.29 is 14.3 Å². The van der Waals surface area contributed by atoms with Gasteiger partial charge in [-0.2, -0.15) is 0 Å². The van der Waals surface area contributed by atoms with Gasteiger partial charge in [0, 0.05) is 30.9 Å². The number of nitrogens with one attached hydrogen (secondary N) is 1. The molecule has 0 spiro atoms. The molecule has 3 aromatic rings. The third-order valence-corrected chi connectivity index (χ3v) is 4.69. The minimum absolute atomic E-state index is 0.359. The Kier molecular flexibility index (Phi) is 5.82. The molecule has 2 aromatic carbocycles. The summed E-state index contributed by atoms with van der Waals surface area (Å²) < 4.78 is 5.39. The van der Waals surface area contributed by atoms with Gasteiger partial charge in [-0.05, 0) is 63.2 Å². The molecule has 0 bridgehead atoms. The first-order valence-electron chi connectivity index (χ1n) is 9.42. The molecule has 1 unspecified atom stereocenters. The molecule has 6 nitrogen and oxygen atoms in total. The Labute approximate surface area is 170 Å². The van der Waals surface area contributed by atoms with Crippen molar-refractivity contribution in [3.8, 4) is 0 Å². The summed E-state index contributed by atoms with van der Waals surface area (Å²) in [4.78, 5) is 31.5. The van der Waals surface area contributed by atoms with Gasteiger partial charge in [-0.3, -0.25) is 9.78 Å². The number of benzene rings is 2. The number of rotatable bonds is 5. The zero-order valence-corrected chi connectivity index (χ0v) is 17.3. The van der Waals surface area contributed by atoms with E-state index in [1.54, 1.807) is 19.9 Å². The SMILES string of the molecule is Cc1ccc2nc(C)c(C(=O)OC(C)C(=O)Nc3ccc(N(C)C)cc3)cc2c1. The lowest BCUT2D eigenvalue weighted by atomic mass is 10.1. The Morgan fingerprint density at radius 3 is 2.38 bits per heavy atom. The Bertz CT molecular complexity index is 1060. The quantitative estimate of drug-likeness (QED) is 0.663. The standard InChI is InChI=1S/C23H25N3O3/c1-14-6-11-21-17(12-14)13-20(15(2)24-21)23(28)29-16(3)22(27)25-18-7-9-19(10-8-18)26(4)5/h6-13,16H,1-5H3,(H,25,27). The lowest BCUT2D eigenvalue weighted by Crippen LogP contribution is -2.30. The van der Waals surface area contributed by atoms with E-state index in [0.29, 0.717) is 16.9 Å². The van der Waals surface area contributed by atoms with Crippen molar-refractivity contribution in [2.24, 2.45) is 0 Å². The molecule has 6 heteroatoms. The highest BCUT2D eigenvalue weighted by Gasteiger charge is 2.21. The minimum atomic E-state index is -0.941. The fourth-order valence-corrected chi connectivity index (χ4v) is 2.96. The first-order chi connectivity index (χ1) is 13.7. The van der Waals surface area contributed by atoms with Gasteiger partial charge in [0.25, 0.3) is 5.91 Å². The van der Waals surface area contributed by atoms with Crippen molar-refractivity contribution in [3.05, 3.63) is 65.4 Å². The summed E-state index contributed by atoms with van der Waals surface area (Å²) in [5.41, 5.74) is 4.49. The van der Waals surface area contributed by atoms with Crippen molar-refractivity contribution in [2.75, 3.05) is 24.3 Å². The van der Waals surface area contributed by atoms with Crippen molar-refractivity contribution in [3.63, 3.8) is 0 Å². The van der Waals surface area contributed by atoms with Crippen molar-refractivity contribution in [2.45, 2.75) is 26.9 Å². The summed E-state index contributed by atoms with van der Waals surface area (Å²) in [7, 11) is 3.89. The number of ether oxygens (including phenoxy) is 1. The number of carbonyl (C=O) groups is 2. The Morgan fingerprint density at radius 1 is 1.03 bits per heavy atom. The van der Waals surface area contributed by atoms with Crippen LogP contribution in [-0.2, 0) is 9.53 Å². The molecule has 1 aromatic heterocycles. The van der Waals surface area contributed by atoms with E-state index in [1.165, 1.54) is 0 Å². The van der Waals surface area contributed by atoms with Gasteiger partial charge >= 0.3 is 5.97 Å². The summed E-state index contributed by atoms with van der Waals surface area (Å²) in [5.74, 6) is -0.956. The summed E-state index contributed by atoms with van der Waals surface area (Å²) in [6.07, 6.45) is -0.941. The Morgan fingerprint density at radius 2 is 1.72 bits per heavy atom. The summed E-state index contributed by atoms with van der Waals surface area (Å²) in [5, 5.41) is 3.63. The zero-order valence-electron chi connectivity index (χ0n) is 17.3. The smallest absolute Gasteiger partial charge is 0.340 e. The molecule has 0 saturated carbocycles. The molecule has 0 aliphatic heterocycles. The Balaban J connectivity index is 1.70. The third-order valence-electron chi connectivity index (χ3n) is 4.69. The molecule has 0 fully saturated rings. The lowest BCUT2D eigenvalue weighted by Gasteiger charge is -2.16. The molecule has 0 aliphatic carbocycles. The van der Waals surface area contributed by atoms with E-state index >= 15 is 0 Å². The number of hydrogen-bond acceptors (Lipinski definition) is 5. The third kappa shape index (κ3) is 4.71. The van der Waals surface area contributed by atoms with E-state index in [4.69, 9.17) is 4.74 Å². The zero-order chi connectivity index (χ0) is 21.1. The molecular formula is C23H25N3O3. The molecule has 0 aliphatic rings. The van der Waals surface area contributed by atoms with Crippen LogP contribution in [0.1, 0.15) is 28.5 Å². The van der Waals surface area contributed by atoms with Gasteiger partial charge in [0.15, 0.2) is 6.10 Å². The molecular weight excluding hydrogens is 366 g/mol. The Hall–Kier alpha value is -3.41. The van der Waals surface area contributed by atoms with E-state index < -0.39 is 18.0 Å². The van der Waals surface area contributed by atoms with E-state index in [2.05, 4.69) is 10.3 Å². The van der Waals surface area contributed by atoms with Gasteiger partial charge in [-0.15, -0.1) is 0 Å². The molecule has 1 atom stereocenters. The predicted octanol–water partition coefficient (Wildman–Crippen LogP) is 4.10. The van der Waals surface area contributed by atoms with Crippen LogP contribution in [0.3, 0.4) is 0 Å². The van der Waals surface area contributed by atoms with Gasteiger partial charge in [-0.1, -0.05) is 11.6 Å². The van der Waals surface area contributed by atoms with Crippen LogP contribution in [0, 0.1) is 13.8 Å². The maximum atomic E-state index is 12.6. The second-order valence-electron chi connectivity index (χ2n) is 7.30. The predicted molar refractivity (Wildman–Crippen MR) is 115 cm³/mol. The van der Waals surface area contributed by atoms with E-state index in [9.17, 15) is 9.59 Å². The van der Waals surface area contributed by atoms with E-state index in [1.807, 2.05) is 68.4 Å². The van der Waals surface area contributed by atoms with Crippen LogP contribution in [0.5, 0.6) is 0 Å². The maximum absolute atomic E-state index is 12.6. The molecule has 150 valence electrons. The van der Waals surface area contributed by atoms with Gasteiger partial charge in [-0.25, -0.2) is 4.79 Å². The highest BCUT2D eigenvalue weighted by atomic mass is 16.5. The number of aryl methyl sites for hydroxylation is 2. The van der Waals surface area contributed by atoms with Gasteiger partial charge < -0.3 is 15.0 Å². The van der Waals surface area contributed by atoms with Crippen molar-refractivity contribution in [1.29, 1.82) is 0 Å². The number of nitrogens with zero attached hydrogens (tertiary/aromatic N) is 2. The second-order valence-corrected chi connectivity index (χ2v) is 7.30. The summed E-state index contributed by atoms with van der Waals surface area (Å²) in [6.45, 7) is 5.29. The summed E-state index contributed by atoms with van der Waals surface area (Å²) >= 11 is 0. The van der Waals surface area contributed by atoms with Crippen LogP contribution in [0.25, 0.3) is 10.9 Å². The monoisotopic (exact) mass is 391 g/mol. The van der Waals surface area contributed by atoms with Crippen molar-refractivity contribution >= 4 is 34.2 Å². The average Bonchev–Trinajstić information content (AvgIpc) is 2.68. The van der Waals surface area contributed by atoms with Crippen molar-refractivity contribution in [1.82, 2.24) is 4.98 Å². The first-order valence-corrected chi connectivity index (χ1v) is 9.42. The molecule has 3 rings (SSSR count). The van der Waals surface area contributed by atoms with Gasteiger partial charge in [0.05, 0.1) is 16.8 Å². The number of fused-ring (bicyclic) bond motifs is 1. The minimum Gasteiger partial charge on any atom is -0.449 e. The normalized spacial score (nSPS) is 11.8. The van der Waals surface area contributed by atoms with E-state index in [0.717, 1.165) is 22.2 Å². The van der Waals surface area contributed by atoms with Gasteiger partial charge in [0.1, 0.15) is 0 Å². The van der Waals surface area contributed by atoms with Gasteiger partial charge in [0.2, 0.25) is 0 Å². The highest BCUT2D eigenvalue weighted by Crippen LogP contribution is 2.20. The average molecular weight is 391 g/mol. The molecule has 1 heterocycles. The fraction of sp³-hybridized carbons (Fsp3) is 0.261. The lowest BCUT2D eigenvalue weighted by molar-refractivity contribution is -0.123. The molecule has 1 N–H and O–H groups in total. The highest BCUT2D eigenvalue weighted by molar-refractivity contribution is 5.99. The number of amides is 1. The van der Waals surface area contributed by atoms with Crippen LogP contribution in [0.4, 0.5) is 11.4 Å². The largest absolute Gasteiger partial charge is 0.449 e. The fourth-order valence-electron chi connectivity index (χ4n) is 2.96. The number of anilines is 2. The molecule has 0 radical (unpaired) electrons. The second kappa shape index (κ2) is 8.31. The molecule has 0 saturated heterocycles. The number of aromatic nitrogens is 1.